The summed E-state index contributed by atoms with van der Waals surface area (Å²) in [5, 5.41) is 0. The number of rotatable bonds is 1. The Labute approximate surface area is 184 Å². The van der Waals surface area contributed by atoms with Crippen molar-refractivity contribution in [3.05, 3.63) is 0 Å². The van der Waals surface area contributed by atoms with Crippen LogP contribution in [0.5, 0.6) is 0 Å². The molecule has 0 amide bonds. The molecule has 6 aliphatic rings. The van der Waals surface area contributed by atoms with E-state index in [1.807, 2.05) is 0 Å². The second-order valence-corrected chi connectivity index (χ2v) is 10.5. The fraction of sp³-hybridized carbons (Fsp3) is 0.958. The van der Waals surface area contributed by atoms with Crippen molar-refractivity contribution in [3.8, 4) is 0 Å². The molecule has 6 rings (SSSR count). The van der Waals surface area contributed by atoms with Crippen molar-refractivity contribution in [2.45, 2.75) is 138 Å². The lowest BCUT2D eigenvalue weighted by Gasteiger charge is -2.55. The molecule has 3 heterocycles. The zero-order valence-electron chi connectivity index (χ0n) is 18.5. The van der Waals surface area contributed by atoms with Gasteiger partial charge in [0, 0.05) is 38.5 Å². The third kappa shape index (κ3) is 3.74. The first-order valence-corrected chi connectivity index (χ1v) is 12.7. The van der Waals surface area contributed by atoms with Crippen LogP contribution in [0.1, 0.15) is 96.3 Å². The van der Waals surface area contributed by atoms with Crippen molar-refractivity contribution in [1.29, 1.82) is 0 Å². The summed E-state index contributed by atoms with van der Waals surface area (Å²) in [5.74, 6) is -2.35. The number of carbonyl (C=O) groups excluding carboxylic acids is 1. The Balaban J connectivity index is 1.29. The minimum atomic E-state index is -0.833. The summed E-state index contributed by atoms with van der Waals surface area (Å²) in [6.07, 6.45) is 12.9. The molecule has 0 N–H and O–H groups in total. The summed E-state index contributed by atoms with van der Waals surface area (Å²) >= 11 is 0. The zero-order valence-corrected chi connectivity index (χ0v) is 18.5. The van der Waals surface area contributed by atoms with E-state index in [9.17, 15) is 4.79 Å². The van der Waals surface area contributed by atoms with Gasteiger partial charge < -0.3 is 28.4 Å². The van der Waals surface area contributed by atoms with Crippen LogP contribution in [0.3, 0.4) is 0 Å². The summed E-state index contributed by atoms with van der Waals surface area (Å²) < 4.78 is 38.5. The monoisotopic (exact) mass is 436 g/mol. The predicted molar refractivity (Wildman–Crippen MR) is 109 cm³/mol. The molecule has 7 nitrogen and oxygen atoms in total. The predicted octanol–water partition coefficient (Wildman–Crippen LogP) is 4.11. The summed E-state index contributed by atoms with van der Waals surface area (Å²) in [6.45, 7) is 0.482. The van der Waals surface area contributed by atoms with Gasteiger partial charge in [-0.1, -0.05) is 19.3 Å². The average molecular weight is 437 g/mol. The summed E-state index contributed by atoms with van der Waals surface area (Å²) in [7, 11) is 0. The van der Waals surface area contributed by atoms with Gasteiger partial charge in [0.1, 0.15) is 18.3 Å². The molecule has 3 spiro atoms. The van der Waals surface area contributed by atoms with E-state index in [-0.39, 0.29) is 18.2 Å². The van der Waals surface area contributed by atoms with Crippen LogP contribution in [-0.4, -0.2) is 54.4 Å². The molecular formula is C24H36O7. The zero-order chi connectivity index (χ0) is 20.9. The Hall–Kier alpha value is -0.730. The van der Waals surface area contributed by atoms with E-state index in [4.69, 9.17) is 28.4 Å². The molecule has 6 fully saturated rings. The summed E-state index contributed by atoms with van der Waals surface area (Å²) in [5.41, 5.74) is 0. The SMILES string of the molecule is O=C1OC2(CCCCC2)O[C@@H]2[C@H]([C@@H]3COC4(CCCCC4)O3)OC3(CCCCC3)O[C@H]12. The van der Waals surface area contributed by atoms with Crippen LogP contribution in [0.4, 0.5) is 0 Å². The van der Waals surface area contributed by atoms with Crippen LogP contribution in [0, 0.1) is 0 Å². The van der Waals surface area contributed by atoms with E-state index in [1.54, 1.807) is 0 Å². The molecule has 0 aromatic carbocycles. The fourth-order valence-electron chi connectivity index (χ4n) is 6.65. The summed E-state index contributed by atoms with van der Waals surface area (Å²) in [4.78, 5) is 13.2. The third-order valence-electron chi connectivity index (χ3n) is 8.27. The van der Waals surface area contributed by atoms with Crippen molar-refractivity contribution in [2.24, 2.45) is 0 Å². The van der Waals surface area contributed by atoms with Gasteiger partial charge in [-0.2, -0.15) is 0 Å². The van der Waals surface area contributed by atoms with E-state index in [1.165, 1.54) is 12.8 Å². The Morgan fingerprint density at radius 1 is 0.581 bits per heavy atom. The van der Waals surface area contributed by atoms with Gasteiger partial charge in [0.25, 0.3) is 0 Å². The number of ether oxygens (including phenoxy) is 6. The fourth-order valence-corrected chi connectivity index (χ4v) is 6.65. The molecule has 3 aliphatic carbocycles. The molecule has 0 aromatic rings. The second kappa shape index (κ2) is 7.94. The van der Waals surface area contributed by atoms with E-state index < -0.39 is 29.6 Å². The number of fused-ring (bicyclic) bond motifs is 1. The maximum Gasteiger partial charge on any atom is 0.340 e. The molecule has 174 valence electrons. The maximum atomic E-state index is 13.2. The first kappa shape index (κ1) is 20.8. The number of hydrogen-bond donors (Lipinski definition) is 0. The van der Waals surface area contributed by atoms with Crippen molar-refractivity contribution < 1.29 is 33.2 Å². The molecule has 3 saturated carbocycles. The van der Waals surface area contributed by atoms with Crippen molar-refractivity contribution >= 4 is 5.97 Å². The van der Waals surface area contributed by atoms with Crippen LogP contribution in [0.2, 0.25) is 0 Å². The minimum Gasteiger partial charge on any atom is -0.431 e. The molecule has 0 bridgehead atoms. The quantitative estimate of drug-likeness (QED) is 0.573. The van der Waals surface area contributed by atoms with E-state index >= 15 is 0 Å². The van der Waals surface area contributed by atoms with Gasteiger partial charge in [0.15, 0.2) is 17.7 Å². The van der Waals surface area contributed by atoms with Gasteiger partial charge in [-0.3, -0.25) is 0 Å². The van der Waals surface area contributed by atoms with E-state index in [0.29, 0.717) is 6.61 Å². The maximum absolute atomic E-state index is 13.2. The molecule has 0 aromatic heterocycles. The molecular weight excluding hydrogens is 400 g/mol. The highest BCUT2D eigenvalue weighted by Gasteiger charge is 2.62. The first-order chi connectivity index (χ1) is 15.1. The van der Waals surface area contributed by atoms with Crippen molar-refractivity contribution in [3.63, 3.8) is 0 Å². The van der Waals surface area contributed by atoms with Gasteiger partial charge in [-0.15, -0.1) is 0 Å². The Kier molecular flexibility index (Phi) is 5.34. The third-order valence-corrected chi connectivity index (χ3v) is 8.27. The van der Waals surface area contributed by atoms with Gasteiger partial charge in [-0.25, -0.2) is 4.79 Å². The van der Waals surface area contributed by atoms with Gasteiger partial charge >= 0.3 is 5.97 Å². The molecule has 0 unspecified atom stereocenters. The standard InChI is InChI=1S/C24H36O7/c25-21-20-19(29-24(31-21)14-8-3-9-15-24)18(28-23(30-20)12-6-2-7-13-23)17-16-26-22(27-17)10-4-1-5-11-22/h17-20H,1-16H2/t17-,18-,19+,20-/m0/s1. The van der Waals surface area contributed by atoms with Gasteiger partial charge in [0.05, 0.1) is 6.61 Å². The normalized spacial score (nSPS) is 41.2. The average Bonchev–Trinajstić information content (AvgIpc) is 3.19. The number of carbonyl (C=O) groups is 1. The molecule has 4 atom stereocenters. The van der Waals surface area contributed by atoms with Crippen LogP contribution in [-0.2, 0) is 33.2 Å². The Bertz CT molecular complexity index is 675. The first-order valence-electron chi connectivity index (χ1n) is 12.7. The van der Waals surface area contributed by atoms with E-state index in [2.05, 4.69) is 0 Å². The molecule has 0 radical (unpaired) electrons. The lowest BCUT2D eigenvalue weighted by molar-refractivity contribution is -0.413. The second-order valence-electron chi connectivity index (χ2n) is 10.5. The van der Waals surface area contributed by atoms with Crippen molar-refractivity contribution in [1.82, 2.24) is 0 Å². The summed E-state index contributed by atoms with van der Waals surface area (Å²) in [6, 6.07) is 0. The lowest BCUT2D eigenvalue weighted by atomic mass is 9.88. The number of hydrogen-bond acceptors (Lipinski definition) is 7. The largest absolute Gasteiger partial charge is 0.431 e. The smallest absolute Gasteiger partial charge is 0.340 e. The topological polar surface area (TPSA) is 72.5 Å². The van der Waals surface area contributed by atoms with E-state index in [0.717, 1.165) is 83.5 Å². The molecule has 31 heavy (non-hydrogen) atoms. The molecule has 3 saturated heterocycles. The van der Waals surface area contributed by atoms with Gasteiger partial charge in [-0.05, 0) is 38.5 Å². The van der Waals surface area contributed by atoms with Crippen molar-refractivity contribution in [2.75, 3.05) is 6.61 Å². The van der Waals surface area contributed by atoms with Crippen LogP contribution in [0.25, 0.3) is 0 Å². The lowest BCUT2D eigenvalue weighted by Crippen LogP contribution is -2.69. The van der Waals surface area contributed by atoms with Gasteiger partial charge in [0.2, 0.25) is 5.79 Å². The molecule has 7 heteroatoms. The number of esters is 1. The van der Waals surface area contributed by atoms with Crippen LogP contribution in [0.15, 0.2) is 0 Å². The Morgan fingerprint density at radius 2 is 1.13 bits per heavy atom. The van der Waals surface area contributed by atoms with Crippen LogP contribution >= 0.6 is 0 Å². The highest BCUT2D eigenvalue weighted by atomic mass is 16.8. The highest BCUT2D eigenvalue weighted by molar-refractivity contribution is 5.77. The highest BCUT2D eigenvalue weighted by Crippen LogP contribution is 2.48. The molecule has 3 aliphatic heterocycles. The van der Waals surface area contributed by atoms with Crippen LogP contribution < -0.4 is 0 Å². The Morgan fingerprint density at radius 3 is 1.77 bits per heavy atom. The minimum absolute atomic E-state index is 0.250.